The number of alkyl halides is 2. The van der Waals surface area contributed by atoms with Crippen LogP contribution in [0.4, 0.5) is 4.39 Å². The zero-order chi connectivity index (χ0) is 10.6. The second-order valence-corrected chi connectivity index (χ2v) is 4.15. The molecule has 0 saturated heterocycles. The van der Waals surface area contributed by atoms with E-state index in [4.69, 9.17) is 0 Å². The number of ketones is 1. The highest BCUT2D eigenvalue weighted by Crippen LogP contribution is 2.29. The summed E-state index contributed by atoms with van der Waals surface area (Å²) in [7, 11) is 0. The third kappa shape index (κ3) is 2.51. The minimum absolute atomic E-state index is 0.0409. The average Bonchev–Trinajstić information content (AvgIpc) is 2.18. The fourth-order valence-electron chi connectivity index (χ4n) is 1.07. The molecule has 1 nitrogen and oxygen atoms in total. The number of halogens is 2. The monoisotopic (exact) mass is 256 g/mol. The van der Waals surface area contributed by atoms with E-state index >= 15 is 0 Å². The van der Waals surface area contributed by atoms with E-state index in [2.05, 4.69) is 22.5 Å². The Hall–Kier alpha value is -0.960. The van der Waals surface area contributed by atoms with E-state index in [0.29, 0.717) is 5.56 Å². The molecule has 0 aromatic heterocycles. The van der Waals surface area contributed by atoms with Gasteiger partial charge in [-0.2, -0.15) is 0 Å². The van der Waals surface area contributed by atoms with Gasteiger partial charge in [0.1, 0.15) is 0 Å². The molecule has 0 radical (unpaired) electrons. The molecule has 1 rings (SSSR count). The molecule has 0 saturated carbocycles. The van der Waals surface area contributed by atoms with E-state index in [1.807, 2.05) is 0 Å². The summed E-state index contributed by atoms with van der Waals surface area (Å²) < 4.78 is 11.6. The molecule has 1 aromatic rings. The first-order valence-corrected chi connectivity index (χ1v) is 4.96. The van der Waals surface area contributed by atoms with Crippen molar-refractivity contribution in [1.82, 2.24) is 0 Å². The van der Waals surface area contributed by atoms with E-state index in [1.165, 1.54) is 6.08 Å². The van der Waals surface area contributed by atoms with E-state index in [-0.39, 0.29) is 6.42 Å². The van der Waals surface area contributed by atoms with Crippen LogP contribution in [0.15, 0.2) is 43.0 Å². The first-order valence-electron chi connectivity index (χ1n) is 4.16. The third-order valence-corrected chi connectivity index (χ3v) is 2.45. The Bertz CT molecular complexity index is 332. The molecule has 0 spiro atoms. The van der Waals surface area contributed by atoms with Crippen LogP contribution in [-0.4, -0.2) is 10.4 Å². The standard InChI is InChI=1S/C11H10BrFO/c1-2-8-11(12,13)10(14)9-6-4-3-5-7-9/h2-7H,1,8H2/t11-/m1/s1. The van der Waals surface area contributed by atoms with Crippen molar-refractivity contribution in [3.63, 3.8) is 0 Å². The second kappa shape index (κ2) is 4.51. The maximum absolute atomic E-state index is 13.7. The lowest BCUT2D eigenvalue weighted by Gasteiger charge is -2.14. The number of Topliss-reactive ketones (excluding diaryl/α,β-unsaturated/α-hetero) is 1. The molecular formula is C11H10BrFO. The van der Waals surface area contributed by atoms with Crippen LogP contribution < -0.4 is 0 Å². The lowest BCUT2D eigenvalue weighted by molar-refractivity contribution is 0.0850. The predicted molar refractivity (Wildman–Crippen MR) is 58.4 cm³/mol. The molecule has 0 heterocycles. The Kier molecular flexibility index (Phi) is 3.58. The van der Waals surface area contributed by atoms with Crippen LogP contribution in [0.3, 0.4) is 0 Å². The van der Waals surface area contributed by atoms with Crippen LogP contribution in [0.5, 0.6) is 0 Å². The van der Waals surface area contributed by atoms with Gasteiger partial charge in [-0.25, -0.2) is 4.39 Å². The predicted octanol–water partition coefficient (Wildman–Crippen LogP) is 3.51. The van der Waals surface area contributed by atoms with E-state index in [0.717, 1.165) is 0 Å². The first-order chi connectivity index (χ1) is 6.58. The van der Waals surface area contributed by atoms with Gasteiger partial charge in [-0.3, -0.25) is 4.79 Å². The van der Waals surface area contributed by atoms with Crippen molar-refractivity contribution in [3.8, 4) is 0 Å². The number of allylic oxidation sites excluding steroid dienone is 1. The molecule has 0 N–H and O–H groups in total. The zero-order valence-electron chi connectivity index (χ0n) is 7.54. The molecule has 0 aliphatic rings. The summed E-state index contributed by atoms with van der Waals surface area (Å²) in [5, 5.41) is 0. The van der Waals surface area contributed by atoms with Crippen molar-refractivity contribution in [3.05, 3.63) is 48.6 Å². The summed E-state index contributed by atoms with van der Waals surface area (Å²) in [4.78, 5) is 11.6. The molecule has 14 heavy (non-hydrogen) atoms. The van der Waals surface area contributed by atoms with Gasteiger partial charge in [-0.15, -0.1) is 6.58 Å². The number of hydrogen-bond donors (Lipinski definition) is 0. The number of benzene rings is 1. The van der Waals surface area contributed by atoms with Crippen molar-refractivity contribution in [1.29, 1.82) is 0 Å². The van der Waals surface area contributed by atoms with Gasteiger partial charge in [0.15, 0.2) is 0 Å². The van der Waals surface area contributed by atoms with Crippen LogP contribution in [0, 0.1) is 0 Å². The van der Waals surface area contributed by atoms with E-state index in [1.54, 1.807) is 30.3 Å². The van der Waals surface area contributed by atoms with Crippen molar-refractivity contribution < 1.29 is 9.18 Å². The van der Waals surface area contributed by atoms with Crippen LogP contribution in [-0.2, 0) is 0 Å². The third-order valence-electron chi connectivity index (χ3n) is 1.77. The number of carbonyl (C=O) groups excluding carboxylic acids is 1. The molecular weight excluding hydrogens is 247 g/mol. The van der Waals surface area contributed by atoms with Crippen LogP contribution in [0.25, 0.3) is 0 Å². The number of hydrogen-bond acceptors (Lipinski definition) is 1. The number of rotatable bonds is 4. The highest BCUT2D eigenvalue weighted by molar-refractivity contribution is 9.10. The second-order valence-electron chi connectivity index (χ2n) is 2.89. The van der Waals surface area contributed by atoms with Gasteiger partial charge in [0.05, 0.1) is 0 Å². The smallest absolute Gasteiger partial charge is 0.230 e. The molecule has 0 amide bonds. The molecule has 74 valence electrons. The Morgan fingerprint density at radius 1 is 1.50 bits per heavy atom. The first kappa shape index (κ1) is 11.1. The van der Waals surface area contributed by atoms with Gasteiger partial charge in [0, 0.05) is 12.0 Å². The largest absolute Gasteiger partial charge is 0.289 e. The SMILES string of the molecule is C=CC[C@](F)(Br)C(=O)c1ccccc1. The molecule has 3 heteroatoms. The lowest BCUT2D eigenvalue weighted by atomic mass is 10.1. The highest BCUT2D eigenvalue weighted by Gasteiger charge is 2.34. The minimum Gasteiger partial charge on any atom is -0.289 e. The molecule has 0 aliphatic heterocycles. The maximum Gasteiger partial charge on any atom is 0.230 e. The fourth-order valence-corrected chi connectivity index (χ4v) is 1.53. The van der Waals surface area contributed by atoms with Gasteiger partial charge >= 0.3 is 0 Å². The normalized spacial score (nSPS) is 14.4. The van der Waals surface area contributed by atoms with E-state index in [9.17, 15) is 9.18 Å². The van der Waals surface area contributed by atoms with Crippen LogP contribution in [0.2, 0.25) is 0 Å². The quantitative estimate of drug-likeness (QED) is 0.458. The molecule has 1 aromatic carbocycles. The van der Waals surface area contributed by atoms with Crippen molar-refractivity contribution >= 4 is 21.7 Å². The van der Waals surface area contributed by atoms with Gasteiger partial charge in [-0.05, 0) is 15.9 Å². The Labute approximate surface area is 90.8 Å². The summed E-state index contributed by atoms with van der Waals surface area (Å²) in [5.41, 5.74) is 0.355. The van der Waals surface area contributed by atoms with Gasteiger partial charge in [-0.1, -0.05) is 36.4 Å². The summed E-state index contributed by atoms with van der Waals surface area (Å²) in [5.74, 6) is -0.571. The topological polar surface area (TPSA) is 17.1 Å². The highest BCUT2D eigenvalue weighted by atomic mass is 79.9. The van der Waals surface area contributed by atoms with Crippen molar-refractivity contribution in [2.24, 2.45) is 0 Å². The fraction of sp³-hybridized carbons (Fsp3) is 0.182. The Morgan fingerprint density at radius 3 is 2.57 bits per heavy atom. The number of carbonyl (C=O) groups is 1. The summed E-state index contributed by atoms with van der Waals surface area (Å²) >= 11 is 2.76. The average molecular weight is 257 g/mol. The summed E-state index contributed by atoms with van der Waals surface area (Å²) in [6, 6.07) is 8.34. The Balaban J connectivity index is 2.90. The molecule has 0 unspecified atom stereocenters. The van der Waals surface area contributed by atoms with E-state index < -0.39 is 10.4 Å². The molecule has 1 atom stereocenters. The Morgan fingerprint density at radius 2 is 2.07 bits per heavy atom. The summed E-state index contributed by atoms with van der Waals surface area (Å²) in [6.45, 7) is 3.40. The minimum atomic E-state index is -2.03. The molecule has 0 aliphatic carbocycles. The van der Waals surface area contributed by atoms with Gasteiger partial charge in [0.2, 0.25) is 10.4 Å². The van der Waals surface area contributed by atoms with Gasteiger partial charge < -0.3 is 0 Å². The summed E-state index contributed by atoms with van der Waals surface area (Å²) in [6.07, 6.45) is 1.33. The molecule has 0 bridgehead atoms. The van der Waals surface area contributed by atoms with Crippen LogP contribution >= 0.6 is 15.9 Å². The maximum atomic E-state index is 13.7. The zero-order valence-corrected chi connectivity index (χ0v) is 9.13. The van der Waals surface area contributed by atoms with Crippen molar-refractivity contribution in [2.75, 3.05) is 0 Å². The van der Waals surface area contributed by atoms with Crippen molar-refractivity contribution in [2.45, 2.75) is 11.0 Å². The van der Waals surface area contributed by atoms with Crippen LogP contribution in [0.1, 0.15) is 16.8 Å². The lowest BCUT2D eigenvalue weighted by Crippen LogP contribution is -2.25. The van der Waals surface area contributed by atoms with Gasteiger partial charge in [0.25, 0.3) is 0 Å². The molecule has 0 fully saturated rings.